The van der Waals surface area contributed by atoms with Crippen molar-refractivity contribution in [3.63, 3.8) is 0 Å². The van der Waals surface area contributed by atoms with Crippen LogP contribution in [0.3, 0.4) is 0 Å². The molecule has 0 spiro atoms. The van der Waals surface area contributed by atoms with Crippen LogP contribution in [0.25, 0.3) is 67.0 Å². The Bertz CT molecular complexity index is 3330. The van der Waals surface area contributed by atoms with Gasteiger partial charge in [-0.1, -0.05) is 157 Å². The second-order valence-corrected chi connectivity index (χ2v) is 17.7. The van der Waals surface area contributed by atoms with Crippen molar-refractivity contribution < 1.29 is 38.6 Å². The average molecular weight is 1100 g/mol. The van der Waals surface area contributed by atoms with E-state index < -0.39 is 28.7 Å². The summed E-state index contributed by atoms with van der Waals surface area (Å²) in [4.78, 5) is 14.7. The summed E-state index contributed by atoms with van der Waals surface area (Å²) in [6, 6.07) is 66.2. The van der Waals surface area contributed by atoms with Crippen molar-refractivity contribution >= 4 is 34.1 Å². The number of fused-ring (bicyclic) bond motifs is 10. The van der Waals surface area contributed by atoms with Crippen LogP contribution in [0, 0.1) is 35.4 Å². The van der Waals surface area contributed by atoms with E-state index in [4.69, 9.17) is 9.97 Å². The number of hydrogen-bond donors (Lipinski definition) is 0. The first-order chi connectivity index (χ1) is 33.6. The van der Waals surface area contributed by atoms with Gasteiger partial charge in [0.25, 0.3) is 0 Å². The molecule has 2 aliphatic rings. The molecule has 0 amide bonds. The quantitative estimate of drug-likeness (QED) is 0.123. The van der Waals surface area contributed by atoms with Gasteiger partial charge in [-0.05, 0) is 83.9 Å². The zero-order chi connectivity index (χ0) is 47.0. The van der Waals surface area contributed by atoms with Crippen LogP contribution in [0.4, 0.5) is 51.7 Å². The first-order valence-electron chi connectivity index (χ1n) is 22.6. The monoisotopic (exact) mass is 1100 g/mol. The molecule has 70 heavy (non-hydrogen) atoms. The molecule has 0 radical (unpaired) electrons. The molecule has 0 saturated heterocycles. The number of hydrogen-bond acceptors (Lipinski definition) is 4. The molecule has 0 unspecified atom stereocenters. The molecule has 4 heterocycles. The Hall–Kier alpha value is -7.93. The number of para-hydroxylation sites is 4. The summed E-state index contributed by atoms with van der Waals surface area (Å²) < 4.78 is 61.4. The minimum absolute atomic E-state index is 0. The van der Waals surface area contributed by atoms with Gasteiger partial charge in [0.1, 0.15) is 0 Å². The number of benzene rings is 8. The third-order valence-electron chi connectivity index (χ3n) is 13.2. The Morgan fingerprint density at radius 1 is 0.386 bits per heavy atom. The summed E-state index contributed by atoms with van der Waals surface area (Å²) in [6.45, 7) is 3.93. The minimum Gasteiger partial charge on any atom is -0.310 e. The van der Waals surface area contributed by atoms with Crippen LogP contribution in [0.2, 0.25) is 0 Å². The van der Waals surface area contributed by atoms with Crippen LogP contribution >= 0.6 is 0 Å². The van der Waals surface area contributed by atoms with Gasteiger partial charge in [0.15, 0.2) is 0 Å². The second kappa shape index (κ2) is 17.5. The molecule has 0 atom stereocenters. The number of anilines is 6. The predicted octanol–water partition coefficient (Wildman–Crippen LogP) is 16.5. The fourth-order valence-corrected chi connectivity index (χ4v) is 9.91. The summed E-state index contributed by atoms with van der Waals surface area (Å²) in [6.07, 6.45) is 0. The van der Waals surface area contributed by atoms with Gasteiger partial charge in [-0.25, -0.2) is 0 Å². The Morgan fingerprint density at radius 2 is 0.671 bits per heavy atom. The third kappa shape index (κ3) is 7.42. The normalized spacial score (nSPS) is 12.3. The van der Waals surface area contributed by atoms with Crippen molar-refractivity contribution in [3.05, 3.63) is 241 Å². The van der Waals surface area contributed by atoms with E-state index >= 15 is 8.78 Å². The molecule has 0 fully saturated rings. The van der Waals surface area contributed by atoms with Crippen molar-refractivity contribution in [2.75, 3.05) is 9.80 Å². The molecule has 0 bridgehead atoms. The number of rotatable bonds is 6. The number of halogens is 4. The minimum atomic E-state index is -1.12. The molecule has 12 rings (SSSR count). The maximum Gasteiger partial charge on any atom is 2.00 e. The van der Waals surface area contributed by atoms with E-state index in [9.17, 15) is 8.78 Å². The maximum atomic E-state index is 16.1. The van der Waals surface area contributed by atoms with E-state index in [0.29, 0.717) is 22.8 Å². The standard InChI is InChI=1S/C61H38F4N4.Pt/c1-61(2,59-35-39(33-53(66-59)49-29-27-37(62)31-51(49)64)68-55-23-11-7-19-45(55)41-15-3-4-16-42(41)46-20-8-12-24-56(46)68)60-36-40(34-54(67-60)50-30-28-38(63)32-52(50)65)69-57-25-13-9-21-47(57)43-17-5-6-18-44(43)48-22-10-14-26-58(48)69;/h3-28,31-36H,1-2H3;/q-2;+2. The number of nitrogens with zero attached hydrogens (tertiary/aromatic N) is 4. The smallest absolute Gasteiger partial charge is 0.310 e. The van der Waals surface area contributed by atoms with E-state index in [2.05, 4.69) is 94.7 Å². The molecule has 2 aromatic heterocycles. The molecular formula is C61H38F4N4Pt. The number of pyridine rings is 2. The fourth-order valence-electron chi connectivity index (χ4n) is 9.91. The summed E-state index contributed by atoms with van der Waals surface area (Å²) in [5, 5.41) is 0. The van der Waals surface area contributed by atoms with Crippen LogP contribution in [0.5, 0.6) is 0 Å². The van der Waals surface area contributed by atoms with Gasteiger partial charge < -0.3 is 19.8 Å². The molecule has 8 aromatic carbocycles. The molecule has 2 aliphatic heterocycles. The van der Waals surface area contributed by atoms with Crippen molar-refractivity contribution in [3.8, 4) is 67.0 Å². The van der Waals surface area contributed by atoms with Gasteiger partial charge in [-0.2, -0.15) is 0 Å². The van der Waals surface area contributed by atoms with Crippen LogP contribution < -0.4 is 9.80 Å². The van der Waals surface area contributed by atoms with Gasteiger partial charge in [0, 0.05) is 73.7 Å². The van der Waals surface area contributed by atoms with Crippen molar-refractivity contribution in [1.29, 1.82) is 0 Å². The first kappa shape index (κ1) is 44.6. The fraction of sp³-hybridized carbons (Fsp3) is 0.0492. The molecule has 10 aromatic rings. The molecular weight excluding hydrogens is 1060 g/mol. The zero-order valence-electron chi connectivity index (χ0n) is 37.6. The largest absolute Gasteiger partial charge is 2.00 e. The van der Waals surface area contributed by atoms with Gasteiger partial charge in [-0.3, -0.25) is 17.6 Å². The second-order valence-electron chi connectivity index (χ2n) is 17.7. The molecule has 0 N–H and O–H groups in total. The van der Waals surface area contributed by atoms with Crippen LogP contribution in [-0.2, 0) is 26.5 Å². The first-order valence-corrected chi connectivity index (χ1v) is 22.6. The Labute approximate surface area is 417 Å². The predicted molar refractivity (Wildman–Crippen MR) is 267 cm³/mol. The molecule has 340 valence electrons. The van der Waals surface area contributed by atoms with Crippen LogP contribution in [-0.4, -0.2) is 9.97 Å². The van der Waals surface area contributed by atoms with E-state index in [-0.39, 0.29) is 43.6 Å². The van der Waals surface area contributed by atoms with Crippen molar-refractivity contribution in [1.82, 2.24) is 9.97 Å². The van der Waals surface area contributed by atoms with E-state index in [1.165, 1.54) is 0 Å². The topological polar surface area (TPSA) is 32.3 Å². The van der Waals surface area contributed by atoms with E-state index in [1.54, 1.807) is 12.1 Å². The zero-order valence-corrected chi connectivity index (χ0v) is 39.9. The molecule has 0 saturated carbocycles. The summed E-state index contributed by atoms with van der Waals surface area (Å²) in [7, 11) is 0. The SMILES string of the molecule is CC(C)(c1cc(N2c3ccccc3-c3ccccc3-c3ccccc32)cc(-c2[c-]cc(F)cc2F)n1)c1cc(N2c3ccccc3-c3ccccc3-c3ccccc32)cc(-c2[c-]cc(F)cc2F)n1.[Pt+2]. The summed E-state index contributed by atoms with van der Waals surface area (Å²) in [5.74, 6) is -3.17. The third-order valence-corrected chi connectivity index (χ3v) is 13.2. The van der Waals surface area contributed by atoms with Crippen LogP contribution in [0.15, 0.2) is 194 Å². The molecule has 0 aliphatic carbocycles. The summed E-state index contributed by atoms with van der Waals surface area (Å²) >= 11 is 0. The Balaban J connectivity index is 0.00000533. The summed E-state index contributed by atoms with van der Waals surface area (Å²) in [5.41, 5.74) is 13.2. The Morgan fingerprint density at radius 3 is 0.971 bits per heavy atom. The van der Waals surface area contributed by atoms with Gasteiger partial charge in [-0.15, -0.1) is 24.3 Å². The number of aromatic nitrogens is 2. The van der Waals surface area contributed by atoms with E-state index in [0.717, 1.165) is 91.5 Å². The van der Waals surface area contributed by atoms with Gasteiger partial charge in [0.05, 0.1) is 22.7 Å². The van der Waals surface area contributed by atoms with Gasteiger partial charge >= 0.3 is 21.1 Å². The van der Waals surface area contributed by atoms with Crippen LogP contribution in [0.1, 0.15) is 25.2 Å². The van der Waals surface area contributed by atoms with Crippen molar-refractivity contribution in [2.24, 2.45) is 0 Å². The van der Waals surface area contributed by atoms with E-state index in [1.807, 2.05) is 98.8 Å². The molecule has 4 nitrogen and oxygen atoms in total. The average Bonchev–Trinajstić information content (AvgIpc) is 3.58. The maximum absolute atomic E-state index is 16.1. The molecule has 9 heteroatoms. The van der Waals surface area contributed by atoms with Gasteiger partial charge in [0.2, 0.25) is 0 Å². The van der Waals surface area contributed by atoms with Crippen molar-refractivity contribution in [2.45, 2.75) is 19.3 Å². The Kier molecular flexibility index (Phi) is 11.2.